The minimum absolute atomic E-state index is 0.991. The molecule has 0 N–H and O–H groups in total. The van der Waals surface area contributed by atoms with Crippen molar-refractivity contribution in [3.8, 4) is 28.1 Å². The quantitative estimate of drug-likeness (QED) is 0.291. The highest BCUT2D eigenvalue weighted by molar-refractivity contribution is 6.11. The smallest absolute Gasteiger partial charge is 0.0708 e. The van der Waals surface area contributed by atoms with Gasteiger partial charge in [-0.1, -0.05) is 66.2 Å². The van der Waals surface area contributed by atoms with E-state index in [2.05, 4.69) is 114 Å². The van der Waals surface area contributed by atoms with Crippen LogP contribution in [0.3, 0.4) is 0 Å². The van der Waals surface area contributed by atoms with Gasteiger partial charge in [-0.3, -0.25) is 4.98 Å². The van der Waals surface area contributed by atoms with Crippen LogP contribution < -0.4 is 0 Å². The Morgan fingerprint density at radius 2 is 1.28 bits per heavy atom. The summed E-state index contributed by atoms with van der Waals surface area (Å²) in [6, 6.07) is 38.7. The summed E-state index contributed by atoms with van der Waals surface area (Å²) in [6.45, 7) is 2.16. The van der Waals surface area contributed by atoms with Crippen LogP contribution in [0.25, 0.3) is 49.9 Å². The zero-order chi connectivity index (χ0) is 21.5. The average molecular weight is 411 g/mol. The van der Waals surface area contributed by atoms with E-state index in [1.807, 2.05) is 18.3 Å². The van der Waals surface area contributed by atoms with Crippen LogP contribution in [-0.2, 0) is 0 Å². The second kappa shape index (κ2) is 7.51. The molecule has 0 aliphatic rings. The largest absolute Gasteiger partial charge is 0.309 e. The number of fused-ring (bicyclic) bond motifs is 3. The van der Waals surface area contributed by atoms with E-state index in [1.165, 1.54) is 44.2 Å². The zero-order valence-electron chi connectivity index (χ0n) is 17.9. The topological polar surface area (TPSA) is 17.8 Å². The first-order valence-electron chi connectivity index (χ1n) is 10.9. The first-order valence-corrected chi connectivity index (χ1v) is 10.9. The average Bonchev–Trinajstić information content (AvgIpc) is 3.18. The number of pyridine rings is 1. The molecule has 2 heterocycles. The molecule has 0 fully saturated rings. The van der Waals surface area contributed by atoms with Gasteiger partial charge < -0.3 is 4.57 Å². The molecule has 0 unspecified atom stereocenters. The first-order chi connectivity index (χ1) is 15.8. The minimum atomic E-state index is 0.991. The van der Waals surface area contributed by atoms with E-state index in [4.69, 9.17) is 0 Å². The molecule has 4 aromatic carbocycles. The van der Waals surface area contributed by atoms with Gasteiger partial charge in [-0.25, -0.2) is 0 Å². The summed E-state index contributed by atoms with van der Waals surface area (Å²) in [5, 5.41) is 2.54. The normalized spacial score (nSPS) is 11.3. The highest BCUT2D eigenvalue weighted by atomic mass is 15.0. The van der Waals surface area contributed by atoms with Crippen molar-refractivity contribution in [1.29, 1.82) is 0 Å². The number of rotatable bonds is 3. The Balaban J connectivity index is 1.64. The lowest BCUT2D eigenvalue weighted by molar-refractivity contribution is 1.18. The number of hydrogen-bond acceptors (Lipinski definition) is 1. The van der Waals surface area contributed by atoms with Crippen LogP contribution >= 0.6 is 0 Å². The van der Waals surface area contributed by atoms with Crippen molar-refractivity contribution in [2.24, 2.45) is 0 Å². The Morgan fingerprint density at radius 3 is 2.06 bits per heavy atom. The lowest BCUT2D eigenvalue weighted by atomic mass is 9.96. The molecule has 152 valence electrons. The van der Waals surface area contributed by atoms with Gasteiger partial charge >= 0.3 is 0 Å². The monoisotopic (exact) mass is 410 g/mol. The SMILES string of the molecule is Cc1ccc2c(c1)c1cc(-c3ccccc3-c3ccccn3)ccc1n2-c1ccccc1. The maximum atomic E-state index is 4.60. The highest BCUT2D eigenvalue weighted by Crippen LogP contribution is 2.37. The van der Waals surface area contributed by atoms with Crippen LogP contribution in [0.1, 0.15) is 5.56 Å². The highest BCUT2D eigenvalue weighted by Gasteiger charge is 2.15. The van der Waals surface area contributed by atoms with Crippen LogP contribution in [0, 0.1) is 6.92 Å². The molecule has 0 aliphatic heterocycles. The molecule has 0 bridgehead atoms. The fraction of sp³-hybridized carbons (Fsp3) is 0.0333. The summed E-state index contributed by atoms with van der Waals surface area (Å²) in [4.78, 5) is 4.60. The van der Waals surface area contributed by atoms with Gasteiger partial charge in [-0.05, 0) is 66.6 Å². The zero-order valence-corrected chi connectivity index (χ0v) is 17.9. The van der Waals surface area contributed by atoms with Crippen molar-refractivity contribution in [1.82, 2.24) is 9.55 Å². The Labute approximate surface area is 187 Å². The summed E-state index contributed by atoms with van der Waals surface area (Å²) < 4.78 is 2.36. The third kappa shape index (κ3) is 3.00. The van der Waals surface area contributed by atoms with E-state index in [9.17, 15) is 0 Å². The maximum absolute atomic E-state index is 4.60. The number of aryl methyl sites for hydroxylation is 1. The number of hydrogen-bond donors (Lipinski definition) is 0. The van der Waals surface area contributed by atoms with Gasteiger partial charge in [0, 0.05) is 28.2 Å². The Morgan fingerprint density at radius 1 is 0.594 bits per heavy atom. The van der Waals surface area contributed by atoms with Crippen LogP contribution in [0.4, 0.5) is 0 Å². The van der Waals surface area contributed by atoms with Gasteiger partial charge in [0.05, 0.1) is 16.7 Å². The van der Waals surface area contributed by atoms with Crippen LogP contribution in [0.5, 0.6) is 0 Å². The molecule has 2 nitrogen and oxygen atoms in total. The van der Waals surface area contributed by atoms with Crippen molar-refractivity contribution < 1.29 is 0 Å². The second-order valence-electron chi connectivity index (χ2n) is 8.18. The van der Waals surface area contributed by atoms with E-state index in [-0.39, 0.29) is 0 Å². The Bertz CT molecular complexity index is 1560. The second-order valence-corrected chi connectivity index (χ2v) is 8.18. The van der Waals surface area contributed by atoms with Gasteiger partial charge in [0.2, 0.25) is 0 Å². The lowest BCUT2D eigenvalue weighted by Gasteiger charge is -2.11. The predicted octanol–water partition coefficient (Wildman–Crippen LogP) is 7.82. The standard InChI is InChI=1S/C30H22N2/c1-21-14-16-29-26(19-21)27-20-22(15-17-30(27)32(29)23-9-3-2-4-10-23)24-11-5-6-12-25(24)28-13-7-8-18-31-28/h2-20H,1H3. The first kappa shape index (κ1) is 18.6. The number of para-hydroxylation sites is 1. The molecule has 2 aromatic heterocycles. The van der Waals surface area contributed by atoms with Crippen molar-refractivity contribution in [3.63, 3.8) is 0 Å². The molecule has 0 spiro atoms. The summed E-state index contributed by atoms with van der Waals surface area (Å²) in [5.41, 5.74) is 9.43. The predicted molar refractivity (Wildman–Crippen MR) is 134 cm³/mol. The fourth-order valence-corrected chi connectivity index (χ4v) is 4.64. The molecule has 2 heteroatoms. The maximum Gasteiger partial charge on any atom is 0.0708 e. The molecule has 0 saturated heterocycles. The summed E-state index contributed by atoms with van der Waals surface area (Å²) in [7, 11) is 0. The fourth-order valence-electron chi connectivity index (χ4n) is 4.64. The van der Waals surface area contributed by atoms with Gasteiger partial charge in [0.25, 0.3) is 0 Å². The third-order valence-corrected chi connectivity index (χ3v) is 6.11. The summed E-state index contributed by atoms with van der Waals surface area (Å²) in [5.74, 6) is 0. The van der Waals surface area contributed by atoms with E-state index < -0.39 is 0 Å². The molecule has 6 rings (SSSR count). The Hall–Kier alpha value is -4.17. The number of nitrogens with zero attached hydrogens (tertiary/aromatic N) is 2. The molecule has 6 aromatic rings. The van der Waals surface area contributed by atoms with Crippen molar-refractivity contribution in [2.45, 2.75) is 6.92 Å². The van der Waals surface area contributed by atoms with Gasteiger partial charge in [0.1, 0.15) is 0 Å². The van der Waals surface area contributed by atoms with E-state index >= 15 is 0 Å². The van der Waals surface area contributed by atoms with Gasteiger partial charge in [0.15, 0.2) is 0 Å². The van der Waals surface area contributed by atoms with Gasteiger partial charge in [-0.15, -0.1) is 0 Å². The lowest BCUT2D eigenvalue weighted by Crippen LogP contribution is -1.93. The summed E-state index contributed by atoms with van der Waals surface area (Å²) in [6.07, 6.45) is 1.85. The number of benzene rings is 4. The molecular weight excluding hydrogens is 388 g/mol. The number of aromatic nitrogens is 2. The third-order valence-electron chi connectivity index (χ3n) is 6.11. The van der Waals surface area contributed by atoms with E-state index in [0.717, 1.165) is 11.3 Å². The van der Waals surface area contributed by atoms with E-state index in [1.54, 1.807) is 0 Å². The molecule has 32 heavy (non-hydrogen) atoms. The van der Waals surface area contributed by atoms with Crippen molar-refractivity contribution in [3.05, 3.63) is 121 Å². The molecular formula is C30H22N2. The Kier molecular flexibility index (Phi) is 4.36. The van der Waals surface area contributed by atoms with Crippen LogP contribution in [0.2, 0.25) is 0 Å². The minimum Gasteiger partial charge on any atom is -0.309 e. The van der Waals surface area contributed by atoms with Crippen LogP contribution in [-0.4, -0.2) is 9.55 Å². The van der Waals surface area contributed by atoms with E-state index in [0.29, 0.717) is 0 Å². The van der Waals surface area contributed by atoms with Crippen molar-refractivity contribution in [2.75, 3.05) is 0 Å². The molecule has 0 radical (unpaired) electrons. The van der Waals surface area contributed by atoms with Gasteiger partial charge in [-0.2, -0.15) is 0 Å². The van der Waals surface area contributed by atoms with Crippen molar-refractivity contribution >= 4 is 21.8 Å². The molecule has 0 aliphatic carbocycles. The summed E-state index contributed by atoms with van der Waals surface area (Å²) >= 11 is 0. The molecule has 0 atom stereocenters. The molecule has 0 saturated carbocycles. The van der Waals surface area contributed by atoms with Crippen LogP contribution in [0.15, 0.2) is 115 Å². The molecule has 0 amide bonds.